The molecule has 0 saturated heterocycles. The summed E-state index contributed by atoms with van der Waals surface area (Å²) < 4.78 is 61.4. The van der Waals surface area contributed by atoms with E-state index in [1.807, 2.05) is 0 Å². The van der Waals surface area contributed by atoms with E-state index < -0.39 is 39.1 Å². The standard InChI is InChI=1S/C8H3F5INO2/c9-6(10)2-1-3(7(16)17)15-5(4(2)14)8(11,12)13/h1,6H,(H,16,17). The molecule has 1 N–H and O–H groups in total. The number of aromatic nitrogens is 1. The average Bonchev–Trinajstić information content (AvgIpc) is 2.15. The van der Waals surface area contributed by atoms with Gasteiger partial charge in [-0.15, -0.1) is 0 Å². The molecule has 0 bridgehead atoms. The maximum atomic E-state index is 12.4. The van der Waals surface area contributed by atoms with E-state index >= 15 is 0 Å². The summed E-state index contributed by atoms with van der Waals surface area (Å²) in [6, 6.07) is 0.435. The summed E-state index contributed by atoms with van der Waals surface area (Å²) in [5.41, 5.74) is -3.67. The number of aromatic carboxylic acids is 1. The molecule has 0 spiro atoms. The Labute approximate surface area is 105 Å². The van der Waals surface area contributed by atoms with E-state index in [-0.39, 0.29) is 0 Å². The van der Waals surface area contributed by atoms with Crippen LogP contribution < -0.4 is 0 Å². The molecule has 0 aliphatic carbocycles. The molecule has 1 heterocycles. The van der Waals surface area contributed by atoms with Crippen molar-refractivity contribution in [2.75, 3.05) is 0 Å². The second-order valence-corrected chi connectivity index (χ2v) is 3.94. The van der Waals surface area contributed by atoms with Crippen molar-refractivity contribution in [3.05, 3.63) is 26.6 Å². The Bertz CT molecular complexity index is 460. The zero-order valence-corrected chi connectivity index (χ0v) is 9.88. The molecular formula is C8H3F5INO2. The summed E-state index contributed by atoms with van der Waals surface area (Å²) >= 11 is 1.07. The van der Waals surface area contributed by atoms with Gasteiger partial charge in [-0.1, -0.05) is 0 Å². The fourth-order valence-electron chi connectivity index (χ4n) is 1.01. The molecule has 0 aliphatic heterocycles. The van der Waals surface area contributed by atoms with Crippen LogP contribution >= 0.6 is 22.6 Å². The minimum Gasteiger partial charge on any atom is -0.477 e. The third-order valence-electron chi connectivity index (χ3n) is 1.71. The number of alkyl halides is 5. The van der Waals surface area contributed by atoms with Crippen molar-refractivity contribution in [3.63, 3.8) is 0 Å². The monoisotopic (exact) mass is 367 g/mol. The summed E-state index contributed by atoms with van der Waals surface area (Å²) in [7, 11) is 0. The molecule has 1 aromatic heterocycles. The number of hydrogen-bond acceptors (Lipinski definition) is 2. The van der Waals surface area contributed by atoms with Crippen LogP contribution in [0.15, 0.2) is 6.07 Å². The number of carboxylic acids is 1. The maximum Gasteiger partial charge on any atom is 0.434 e. The summed E-state index contributed by atoms with van der Waals surface area (Å²) in [4.78, 5) is 13.3. The van der Waals surface area contributed by atoms with Gasteiger partial charge in [0.05, 0.1) is 3.57 Å². The number of pyridine rings is 1. The molecule has 94 valence electrons. The fourth-order valence-corrected chi connectivity index (χ4v) is 1.82. The minimum absolute atomic E-state index is 0.435. The van der Waals surface area contributed by atoms with Gasteiger partial charge in [0.15, 0.2) is 5.69 Å². The molecule has 0 fully saturated rings. The number of carbonyl (C=O) groups is 1. The molecule has 0 amide bonds. The van der Waals surface area contributed by atoms with Gasteiger partial charge in [0.2, 0.25) is 0 Å². The molecule has 17 heavy (non-hydrogen) atoms. The Morgan fingerprint density at radius 2 is 1.94 bits per heavy atom. The van der Waals surface area contributed by atoms with Crippen molar-refractivity contribution in [1.29, 1.82) is 0 Å². The van der Waals surface area contributed by atoms with Crippen molar-refractivity contribution in [3.8, 4) is 0 Å². The maximum absolute atomic E-state index is 12.4. The molecule has 0 aromatic carbocycles. The van der Waals surface area contributed by atoms with E-state index in [1.54, 1.807) is 0 Å². The summed E-state index contributed by atoms with van der Waals surface area (Å²) in [6.07, 6.45) is -8.19. The zero-order chi connectivity index (χ0) is 13.4. The van der Waals surface area contributed by atoms with Crippen molar-refractivity contribution in [1.82, 2.24) is 4.98 Å². The molecule has 0 atom stereocenters. The van der Waals surface area contributed by atoms with Gasteiger partial charge in [-0.3, -0.25) is 0 Å². The Morgan fingerprint density at radius 3 is 2.29 bits per heavy atom. The molecule has 1 rings (SSSR count). The number of hydrogen-bond donors (Lipinski definition) is 1. The van der Waals surface area contributed by atoms with Crippen LogP contribution in [0.1, 0.15) is 28.2 Å². The fraction of sp³-hybridized carbons (Fsp3) is 0.250. The molecule has 0 saturated carbocycles. The smallest absolute Gasteiger partial charge is 0.434 e. The Morgan fingerprint density at radius 1 is 1.41 bits per heavy atom. The molecule has 0 radical (unpaired) electrons. The Balaban J connectivity index is 3.55. The van der Waals surface area contributed by atoms with Gasteiger partial charge >= 0.3 is 12.1 Å². The SMILES string of the molecule is O=C(O)c1cc(C(F)F)c(I)c(C(F)(F)F)n1. The van der Waals surface area contributed by atoms with Crippen LogP contribution in [0.25, 0.3) is 0 Å². The first-order valence-corrected chi connectivity index (χ1v) is 5.01. The predicted molar refractivity (Wildman–Crippen MR) is 53.9 cm³/mol. The van der Waals surface area contributed by atoms with Crippen LogP contribution in [0.3, 0.4) is 0 Å². The normalized spacial score (nSPS) is 11.9. The van der Waals surface area contributed by atoms with Crippen LogP contribution in [0, 0.1) is 3.57 Å². The van der Waals surface area contributed by atoms with Gasteiger partial charge in [-0.05, 0) is 28.7 Å². The van der Waals surface area contributed by atoms with Gasteiger partial charge in [0.25, 0.3) is 6.43 Å². The van der Waals surface area contributed by atoms with E-state index in [1.165, 1.54) is 0 Å². The topological polar surface area (TPSA) is 50.2 Å². The summed E-state index contributed by atoms with van der Waals surface area (Å²) in [5.74, 6) is -1.80. The summed E-state index contributed by atoms with van der Waals surface area (Å²) in [6.45, 7) is 0. The molecule has 9 heteroatoms. The second kappa shape index (κ2) is 4.70. The largest absolute Gasteiger partial charge is 0.477 e. The highest BCUT2D eigenvalue weighted by Gasteiger charge is 2.38. The molecular weight excluding hydrogens is 364 g/mol. The first-order valence-electron chi connectivity index (χ1n) is 3.93. The van der Waals surface area contributed by atoms with E-state index in [9.17, 15) is 26.7 Å². The van der Waals surface area contributed by atoms with E-state index in [2.05, 4.69) is 4.98 Å². The van der Waals surface area contributed by atoms with Crippen LogP contribution in [0.4, 0.5) is 22.0 Å². The zero-order valence-electron chi connectivity index (χ0n) is 7.73. The van der Waals surface area contributed by atoms with Crippen LogP contribution in [0.5, 0.6) is 0 Å². The lowest BCUT2D eigenvalue weighted by Gasteiger charge is -2.12. The predicted octanol–water partition coefficient (Wildman–Crippen LogP) is 3.34. The number of rotatable bonds is 2. The number of nitrogens with zero attached hydrogens (tertiary/aromatic N) is 1. The molecule has 0 aliphatic rings. The van der Waals surface area contributed by atoms with Gasteiger partial charge in [0.1, 0.15) is 5.69 Å². The van der Waals surface area contributed by atoms with Gasteiger partial charge < -0.3 is 5.11 Å². The number of halogens is 6. The first kappa shape index (κ1) is 14.1. The van der Waals surface area contributed by atoms with Crippen molar-refractivity contribution < 1.29 is 31.9 Å². The lowest BCUT2D eigenvalue weighted by molar-refractivity contribution is -0.142. The van der Waals surface area contributed by atoms with E-state index in [0.717, 1.165) is 22.6 Å². The summed E-state index contributed by atoms with van der Waals surface area (Å²) in [5, 5.41) is 8.49. The van der Waals surface area contributed by atoms with Crippen molar-refractivity contribution in [2.24, 2.45) is 0 Å². The molecule has 3 nitrogen and oxygen atoms in total. The van der Waals surface area contributed by atoms with E-state index in [4.69, 9.17) is 5.11 Å². The highest BCUT2D eigenvalue weighted by atomic mass is 127. The quantitative estimate of drug-likeness (QED) is 0.645. The first-order chi connectivity index (χ1) is 7.64. The van der Waals surface area contributed by atoms with Crippen LogP contribution in [-0.2, 0) is 6.18 Å². The third kappa shape index (κ3) is 3.01. The lowest BCUT2D eigenvalue weighted by atomic mass is 10.2. The Kier molecular flexibility index (Phi) is 3.89. The van der Waals surface area contributed by atoms with Crippen molar-refractivity contribution in [2.45, 2.75) is 12.6 Å². The lowest BCUT2D eigenvalue weighted by Crippen LogP contribution is -2.16. The highest BCUT2D eigenvalue weighted by Crippen LogP contribution is 2.36. The molecule has 1 aromatic rings. The number of carboxylic acid groups (broad SMARTS) is 1. The van der Waals surface area contributed by atoms with E-state index in [0.29, 0.717) is 6.07 Å². The second-order valence-electron chi connectivity index (χ2n) is 2.86. The van der Waals surface area contributed by atoms with Crippen molar-refractivity contribution >= 4 is 28.6 Å². The van der Waals surface area contributed by atoms with Crippen LogP contribution in [0.2, 0.25) is 0 Å². The van der Waals surface area contributed by atoms with Gasteiger partial charge in [-0.25, -0.2) is 18.6 Å². The highest BCUT2D eigenvalue weighted by molar-refractivity contribution is 14.1. The molecule has 0 unspecified atom stereocenters. The van der Waals surface area contributed by atoms with Gasteiger partial charge in [0, 0.05) is 5.56 Å². The van der Waals surface area contributed by atoms with Crippen LogP contribution in [-0.4, -0.2) is 16.1 Å². The average molecular weight is 367 g/mol. The Hall–Kier alpha value is -1.00. The third-order valence-corrected chi connectivity index (χ3v) is 2.84. The van der Waals surface area contributed by atoms with Gasteiger partial charge in [-0.2, -0.15) is 13.2 Å². The minimum atomic E-state index is -4.98.